The van der Waals surface area contributed by atoms with Gasteiger partial charge in [-0.15, -0.1) is 0 Å². The summed E-state index contributed by atoms with van der Waals surface area (Å²) in [5.74, 6) is 5.57. The van der Waals surface area contributed by atoms with Crippen LogP contribution in [0.3, 0.4) is 0 Å². The number of nitrogens with one attached hydrogen (secondary N) is 1. The summed E-state index contributed by atoms with van der Waals surface area (Å²) in [5, 5.41) is 0. The average molecular weight is 236 g/mol. The topological polar surface area (TPSA) is 47.3 Å². The Morgan fingerprint density at radius 1 is 1.18 bits per heavy atom. The van der Waals surface area contributed by atoms with Gasteiger partial charge in [0.25, 0.3) is 0 Å². The lowest BCUT2D eigenvalue weighted by Crippen LogP contribution is -2.36. The standard InChI is InChI=1S/C14H24N2O/c1-12(17-2)8-10-14(16-15)11-9-13-6-4-3-5-7-13/h3-7,12,14,16H,8-11,15H2,1-2H3. The van der Waals surface area contributed by atoms with Gasteiger partial charge in [-0.1, -0.05) is 30.3 Å². The number of hydrazine groups is 1. The van der Waals surface area contributed by atoms with E-state index in [2.05, 4.69) is 36.6 Å². The second-order valence-corrected chi connectivity index (χ2v) is 4.51. The third-order valence-corrected chi connectivity index (χ3v) is 3.18. The van der Waals surface area contributed by atoms with Crippen molar-refractivity contribution in [1.82, 2.24) is 5.43 Å². The van der Waals surface area contributed by atoms with E-state index in [-0.39, 0.29) is 0 Å². The van der Waals surface area contributed by atoms with Gasteiger partial charge in [-0.2, -0.15) is 0 Å². The monoisotopic (exact) mass is 236 g/mol. The minimum Gasteiger partial charge on any atom is -0.382 e. The molecule has 3 nitrogen and oxygen atoms in total. The molecule has 0 heterocycles. The van der Waals surface area contributed by atoms with Crippen LogP contribution in [0.25, 0.3) is 0 Å². The normalized spacial score (nSPS) is 14.5. The molecule has 0 amide bonds. The Morgan fingerprint density at radius 3 is 2.47 bits per heavy atom. The molecule has 2 unspecified atom stereocenters. The Kier molecular flexibility index (Phi) is 6.86. The zero-order valence-corrected chi connectivity index (χ0v) is 10.9. The molecule has 0 aliphatic heterocycles. The molecule has 0 spiro atoms. The van der Waals surface area contributed by atoms with E-state index in [0.29, 0.717) is 12.1 Å². The first kappa shape index (κ1) is 14.2. The molecule has 0 aliphatic rings. The van der Waals surface area contributed by atoms with Crippen LogP contribution in [-0.4, -0.2) is 19.3 Å². The quantitative estimate of drug-likeness (QED) is 0.537. The number of benzene rings is 1. The van der Waals surface area contributed by atoms with Crippen molar-refractivity contribution in [3.05, 3.63) is 35.9 Å². The van der Waals surface area contributed by atoms with E-state index in [1.165, 1.54) is 5.56 Å². The van der Waals surface area contributed by atoms with E-state index < -0.39 is 0 Å². The third-order valence-electron chi connectivity index (χ3n) is 3.18. The van der Waals surface area contributed by atoms with Gasteiger partial charge in [0.05, 0.1) is 6.10 Å². The molecule has 0 saturated heterocycles. The van der Waals surface area contributed by atoms with Crippen molar-refractivity contribution >= 4 is 0 Å². The Hall–Kier alpha value is -0.900. The first-order valence-electron chi connectivity index (χ1n) is 6.29. The summed E-state index contributed by atoms with van der Waals surface area (Å²) in [6.07, 6.45) is 4.54. The SMILES string of the molecule is COC(C)CCC(CCc1ccccc1)NN. The molecule has 0 radical (unpaired) electrons. The van der Waals surface area contributed by atoms with Crippen LogP contribution in [0.5, 0.6) is 0 Å². The molecule has 1 aromatic rings. The van der Waals surface area contributed by atoms with E-state index in [0.717, 1.165) is 25.7 Å². The van der Waals surface area contributed by atoms with Gasteiger partial charge in [0.15, 0.2) is 0 Å². The van der Waals surface area contributed by atoms with Crippen LogP contribution in [0.4, 0.5) is 0 Å². The Labute approximate surface area is 104 Å². The molecule has 0 fully saturated rings. The first-order valence-corrected chi connectivity index (χ1v) is 6.29. The molecule has 0 bridgehead atoms. The highest BCUT2D eigenvalue weighted by molar-refractivity contribution is 5.14. The maximum absolute atomic E-state index is 5.57. The maximum Gasteiger partial charge on any atom is 0.0543 e. The summed E-state index contributed by atoms with van der Waals surface area (Å²) in [4.78, 5) is 0. The fourth-order valence-corrected chi connectivity index (χ4v) is 1.85. The fourth-order valence-electron chi connectivity index (χ4n) is 1.85. The molecular weight excluding hydrogens is 212 g/mol. The summed E-state index contributed by atoms with van der Waals surface area (Å²) in [6, 6.07) is 10.9. The highest BCUT2D eigenvalue weighted by Crippen LogP contribution is 2.10. The van der Waals surface area contributed by atoms with Crippen LogP contribution in [-0.2, 0) is 11.2 Å². The first-order chi connectivity index (χ1) is 8.26. The summed E-state index contributed by atoms with van der Waals surface area (Å²) in [7, 11) is 1.75. The number of ether oxygens (including phenoxy) is 1. The van der Waals surface area contributed by atoms with Gasteiger partial charge in [0.1, 0.15) is 0 Å². The molecule has 0 saturated carbocycles. The third kappa shape index (κ3) is 5.82. The van der Waals surface area contributed by atoms with Crippen molar-refractivity contribution in [2.75, 3.05) is 7.11 Å². The number of aryl methyl sites for hydroxylation is 1. The van der Waals surface area contributed by atoms with Gasteiger partial charge >= 0.3 is 0 Å². The lowest BCUT2D eigenvalue weighted by atomic mass is 10.0. The second kappa shape index (κ2) is 8.23. The van der Waals surface area contributed by atoms with Crippen molar-refractivity contribution in [2.24, 2.45) is 5.84 Å². The number of methoxy groups -OCH3 is 1. The van der Waals surface area contributed by atoms with Gasteiger partial charge < -0.3 is 4.74 Å². The number of nitrogens with two attached hydrogens (primary N) is 1. The molecule has 0 aliphatic carbocycles. The van der Waals surface area contributed by atoms with Crippen LogP contribution in [0, 0.1) is 0 Å². The molecule has 3 heteroatoms. The fraction of sp³-hybridized carbons (Fsp3) is 0.571. The van der Waals surface area contributed by atoms with Crippen LogP contribution in [0.15, 0.2) is 30.3 Å². The number of hydrogen-bond acceptors (Lipinski definition) is 3. The van der Waals surface area contributed by atoms with E-state index in [4.69, 9.17) is 10.6 Å². The second-order valence-electron chi connectivity index (χ2n) is 4.51. The lowest BCUT2D eigenvalue weighted by molar-refractivity contribution is 0.105. The summed E-state index contributed by atoms with van der Waals surface area (Å²) >= 11 is 0. The molecule has 0 aromatic heterocycles. The summed E-state index contributed by atoms with van der Waals surface area (Å²) in [5.41, 5.74) is 4.26. The van der Waals surface area contributed by atoms with E-state index in [1.54, 1.807) is 7.11 Å². The number of rotatable bonds is 8. The molecule has 1 rings (SSSR count). The van der Waals surface area contributed by atoms with Crippen molar-refractivity contribution in [1.29, 1.82) is 0 Å². The van der Waals surface area contributed by atoms with Crippen LogP contribution in [0.2, 0.25) is 0 Å². The van der Waals surface area contributed by atoms with E-state index in [1.807, 2.05) is 6.07 Å². The lowest BCUT2D eigenvalue weighted by Gasteiger charge is -2.17. The molecule has 3 N–H and O–H groups in total. The largest absolute Gasteiger partial charge is 0.382 e. The van der Waals surface area contributed by atoms with Gasteiger partial charge in [-0.3, -0.25) is 11.3 Å². The maximum atomic E-state index is 5.57. The highest BCUT2D eigenvalue weighted by atomic mass is 16.5. The van der Waals surface area contributed by atoms with Gasteiger partial charge in [0.2, 0.25) is 0 Å². The predicted molar refractivity (Wildman–Crippen MR) is 71.6 cm³/mol. The molecular formula is C14H24N2O. The van der Waals surface area contributed by atoms with Gasteiger partial charge in [0, 0.05) is 13.2 Å². The summed E-state index contributed by atoms with van der Waals surface area (Å²) < 4.78 is 5.24. The number of hydrogen-bond donors (Lipinski definition) is 2. The molecule has 96 valence electrons. The minimum absolute atomic E-state index is 0.308. The summed E-state index contributed by atoms with van der Waals surface area (Å²) in [6.45, 7) is 2.09. The van der Waals surface area contributed by atoms with Crippen LogP contribution < -0.4 is 11.3 Å². The van der Waals surface area contributed by atoms with Gasteiger partial charge in [-0.25, -0.2) is 0 Å². The smallest absolute Gasteiger partial charge is 0.0543 e. The molecule has 17 heavy (non-hydrogen) atoms. The van der Waals surface area contributed by atoms with Crippen molar-refractivity contribution in [3.8, 4) is 0 Å². The van der Waals surface area contributed by atoms with Crippen LogP contribution in [0.1, 0.15) is 31.7 Å². The molecule has 1 aromatic carbocycles. The minimum atomic E-state index is 0.308. The molecule has 2 atom stereocenters. The predicted octanol–water partition coefficient (Wildman–Crippen LogP) is 2.27. The Balaban J connectivity index is 2.27. The van der Waals surface area contributed by atoms with Crippen molar-refractivity contribution in [3.63, 3.8) is 0 Å². The Morgan fingerprint density at radius 2 is 1.88 bits per heavy atom. The van der Waals surface area contributed by atoms with Gasteiger partial charge in [-0.05, 0) is 38.2 Å². The average Bonchev–Trinajstić information content (AvgIpc) is 2.39. The Bertz CT molecular complexity index is 290. The van der Waals surface area contributed by atoms with E-state index >= 15 is 0 Å². The van der Waals surface area contributed by atoms with Crippen LogP contribution >= 0.6 is 0 Å². The van der Waals surface area contributed by atoms with Crippen molar-refractivity contribution < 1.29 is 4.74 Å². The zero-order valence-electron chi connectivity index (χ0n) is 10.9. The van der Waals surface area contributed by atoms with E-state index in [9.17, 15) is 0 Å². The van der Waals surface area contributed by atoms with Crippen molar-refractivity contribution in [2.45, 2.75) is 44.8 Å². The highest BCUT2D eigenvalue weighted by Gasteiger charge is 2.09. The zero-order chi connectivity index (χ0) is 12.5.